The number of nitrogens with two attached hydrogens (primary N) is 1. The second-order valence-electron chi connectivity index (χ2n) is 7.06. The van der Waals surface area contributed by atoms with Crippen LogP contribution in [-0.4, -0.2) is 9.91 Å². The molecule has 144 valence electrons. The fraction of sp³-hybridized carbons (Fsp3) is 0.182. The summed E-state index contributed by atoms with van der Waals surface area (Å²) >= 11 is 5.99. The third-order valence-electron chi connectivity index (χ3n) is 5.41. The van der Waals surface area contributed by atoms with Gasteiger partial charge in [-0.1, -0.05) is 48.0 Å². The third kappa shape index (κ3) is 3.41. The van der Waals surface area contributed by atoms with E-state index in [-0.39, 0.29) is 28.0 Å². The number of hydrogen-bond donors (Lipinski definition) is 1. The zero-order valence-corrected chi connectivity index (χ0v) is 16.2. The lowest BCUT2D eigenvalue weighted by atomic mass is 9.78. The van der Waals surface area contributed by atoms with Crippen LogP contribution in [0.4, 0.5) is 11.5 Å². The highest BCUT2D eigenvalue weighted by atomic mass is 35.5. The van der Waals surface area contributed by atoms with E-state index in [1.165, 1.54) is 17.7 Å². The van der Waals surface area contributed by atoms with Crippen molar-refractivity contribution >= 4 is 23.1 Å². The van der Waals surface area contributed by atoms with E-state index in [0.717, 1.165) is 24.1 Å². The van der Waals surface area contributed by atoms with Crippen molar-refractivity contribution < 1.29 is 4.92 Å². The Morgan fingerprint density at radius 1 is 1.24 bits per heavy atom. The maximum atomic E-state index is 11.4. The number of anilines is 1. The molecular formula is C22H17ClN4O2. The minimum atomic E-state index is -0.526. The van der Waals surface area contributed by atoms with Gasteiger partial charge in [0, 0.05) is 17.3 Å². The molecule has 2 N–H and O–H groups in total. The van der Waals surface area contributed by atoms with Crippen molar-refractivity contribution in [2.24, 2.45) is 0 Å². The largest absolute Gasteiger partial charge is 0.383 e. The average molecular weight is 405 g/mol. The molecule has 0 radical (unpaired) electrons. The lowest BCUT2D eigenvalue weighted by Crippen LogP contribution is -2.17. The van der Waals surface area contributed by atoms with Crippen LogP contribution in [0.1, 0.15) is 34.7 Å². The van der Waals surface area contributed by atoms with E-state index in [9.17, 15) is 15.4 Å². The molecule has 0 aliphatic heterocycles. The Morgan fingerprint density at radius 3 is 2.69 bits per heavy atom. The molecule has 6 nitrogen and oxygen atoms in total. The van der Waals surface area contributed by atoms with Gasteiger partial charge in [-0.3, -0.25) is 10.1 Å². The molecule has 29 heavy (non-hydrogen) atoms. The van der Waals surface area contributed by atoms with Gasteiger partial charge in [0.2, 0.25) is 0 Å². The van der Waals surface area contributed by atoms with E-state index >= 15 is 0 Å². The molecule has 0 fully saturated rings. The van der Waals surface area contributed by atoms with Crippen LogP contribution in [0.2, 0.25) is 5.02 Å². The average Bonchev–Trinajstić information content (AvgIpc) is 2.73. The van der Waals surface area contributed by atoms with Gasteiger partial charge in [0.25, 0.3) is 5.69 Å². The third-order valence-corrected chi connectivity index (χ3v) is 5.73. The second-order valence-corrected chi connectivity index (χ2v) is 7.47. The summed E-state index contributed by atoms with van der Waals surface area (Å²) < 4.78 is 0. The molecule has 0 bridgehead atoms. The normalized spacial score (nSPS) is 15.4. The number of aromatic nitrogens is 1. The number of hydrogen-bond acceptors (Lipinski definition) is 5. The van der Waals surface area contributed by atoms with Crippen molar-refractivity contribution in [3.8, 4) is 17.2 Å². The molecule has 1 atom stereocenters. The molecule has 4 rings (SSSR count). The molecule has 1 aromatic heterocycles. The van der Waals surface area contributed by atoms with E-state index < -0.39 is 4.92 Å². The van der Waals surface area contributed by atoms with Gasteiger partial charge >= 0.3 is 0 Å². The SMILES string of the molecule is N#Cc1c(N)nc2c(c1-c1ccc(Cl)c([N+](=O)[O-])c1)CC(c1ccccc1)CC2. The van der Waals surface area contributed by atoms with Gasteiger partial charge in [0.1, 0.15) is 22.5 Å². The summed E-state index contributed by atoms with van der Waals surface area (Å²) in [7, 11) is 0. The topological polar surface area (TPSA) is 106 Å². The summed E-state index contributed by atoms with van der Waals surface area (Å²) in [6, 6.07) is 16.9. The monoisotopic (exact) mass is 404 g/mol. The molecule has 0 amide bonds. The molecule has 1 aliphatic carbocycles. The van der Waals surface area contributed by atoms with E-state index in [2.05, 4.69) is 23.2 Å². The molecule has 7 heteroatoms. The Bertz CT molecular complexity index is 1160. The first kappa shape index (κ1) is 18.9. The number of halogens is 1. The molecule has 1 unspecified atom stereocenters. The van der Waals surface area contributed by atoms with Crippen LogP contribution in [0.15, 0.2) is 48.5 Å². The van der Waals surface area contributed by atoms with Gasteiger partial charge < -0.3 is 5.73 Å². The Balaban J connectivity index is 1.91. The highest BCUT2D eigenvalue weighted by molar-refractivity contribution is 6.32. The minimum absolute atomic E-state index is 0.0512. The van der Waals surface area contributed by atoms with E-state index in [1.807, 2.05) is 18.2 Å². The van der Waals surface area contributed by atoms with Crippen molar-refractivity contribution in [2.75, 3.05) is 5.73 Å². The van der Waals surface area contributed by atoms with Crippen LogP contribution >= 0.6 is 11.6 Å². The molecular weight excluding hydrogens is 388 g/mol. The predicted molar refractivity (Wildman–Crippen MR) is 112 cm³/mol. The van der Waals surface area contributed by atoms with Crippen LogP contribution < -0.4 is 5.73 Å². The molecule has 0 saturated carbocycles. The van der Waals surface area contributed by atoms with Gasteiger partial charge in [-0.2, -0.15) is 5.26 Å². The Kier molecular flexibility index (Phi) is 4.91. The van der Waals surface area contributed by atoms with Crippen LogP contribution in [0.25, 0.3) is 11.1 Å². The van der Waals surface area contributed by atoms with Crippen molar-refractivity contribution in [1.29, 1.82) is 5.26 Å². The van der Waals surface area contributed by atoms with Crippen LogP contribution in [0, 0.1) is 21.4 Å². The first-order chi connectivity index (χ1) is 14.0. The summed E-state index contributed by atoms with van der Waals surface area (Å²) in [6.45, 7) is 0. The van der Waals surface area contributed by atoms with Crippen LogP contribution in [-0.2, 0) is 12.8 Å². The number of nitrogen functional groups attached to an aromatic ring is 1. The Hall–Kier alpha value is -3.43. The number of nitriles is 1. The predicted octanol–water partition coefficient (Wildman–Crippen LogP) is 5.04. The summed E-state index contributed by atoms with van der Waals surface area (Å²) in [6.07, 6.45) is 2.34. The number of nitro benzene ring substituents is 1. The quantitative estimate of drug-likeness (QED) is 0.486. The van der Waals surface area contributed by atoms with Crippen LogP contribution in [0.3, 0.4) is 0 Å². The first-order valence-corrected chi connectivity index (χ1v) is 9.58. The van der Waals surface area contributed by atoms with Gasteiger partial charge in [0.05, 0.1) is 4.92 Å². The molecule has 2 aromatic carbocycles. The number of benzene rings is 2. The molecule has 0 spiro atoms. The second kappa shape index (κ2) is 7.53. The fourth-order valence-corrected chi connectivity index (χ4v) is 4.21. The zero-order valence-electron chi connectivity index (χ0n) is 15.4. The van der Waals surface area contributed by atoms with Crippen molar-refractivity contribution in [2.45, 2.75) is 25.2 Å². The Labute approximate surface area is 172 Å². The first-order valence-electron chi connectivity index (χ1n) is 9.20. The number of pyridine rings is 1. The zero-order chi connectivity index (χ0) is 20.5. The maximum absolute atomic E-state index is 11.4. The summed E-state index contributed by atoms with van der Waals surface area (Å²) in [4.78, 5) is 15.3. The van der Waals surface area contributed by atoms with Crippen molar-refractivity contribution in [1.82, 2.24) is 4.98 Å². The number of rotatable bonds is 3. The Morgan fingerprint density at radius 2 is 2.00 bits per heavy atom. The molecule has 1 heterocycles. The van der Waals surface area contributed by atoms with Crippen molar-refractivity contribution in [3.05, 3.63) is 86.1 Å². The molecule has 3 aromatic rings. The lowest BCUT2D eigenvalue weighted by molar-refractivity contribution is -0.384. The summed E-state index contributed by atoms with van der Waals surface area (Å²) in [5.41, 5.74) is 10.3. The molecule has 0 saturated heterocycles. The number of aryl methyl sites for hydroxylation is 1. The number of fused-ring (bicyclic) bond motifs is 1. The van der Waals surface area contributed by atoms with Crippen molar-refractivity contribution in [3.63, 3.8) is 0 Å². The van der Waals surface area contributed by atoms with Gasteiger partial charge in [0.15, 0.2) is 0 Å². The summed E-state index contributed by atoms with van der Waals surface area (Å²) in [5.74, 6) is 0.429. The lowest BCUT2D eigenvalue weighted by Gasteiger charge is -2.27. The standard InChI is InChI=1S/C22H17ClN4O2/c23-18-8-6-15(11-20(18)27(28)29)21-16-10-14(13-4-2-1-3-5-13)7-9-19(16)26-22(25)17(21)12-24/h1-6,8,11,14H,7,9-10H2,(H2,25,26). The van der Waals surface area contributed by atoms with E-state index in [1.54, 1.807) is 6.07 Å². The van der Waals surface area contributed by atoms with E-state index in [4.69, 9.17) is 17.3 Å². The summed E-state index contributed by atoms with van der Waals surface area (Å²) in [5, 5.41) is 21.2. The number of nitro groups is 1. The van der Waals surface area contributed by atoms with E-state index in [0.29, 0.717) is 17.5 Å². The van der Waals surface area contributed by atoms with Gasteiger partial charge in [-0.15, -0.1) is 0 Å². The highest BCUT2D eigenvalue weighted by Gasteiger charge is 2.28. The van der Waals surface area contributed by atoms with Gasteiger partial charge in [-0.25, -0.2) is 4.98 Å². The molecule has 1 aliphatic rings. The number of nitrogens with zero attached hydrogens (tertiary/aromatic N) is 3. The fourth-order valence-electron chi connectivity index (χ4n) is 4.03. The van der Waals surface area contributed by atoms with Crippen LogP contribution in [0.5, 0.6) is 0 Å². The smallest absolute Gasteiger partial charge is 0.288 e. The van der Waals surface area contributed by atoms with Gasteiger partial charge in [-0.05, 0) is 47.9 Å². The highest BCUT2D eigenvalue weighted by Crippen LogP contribution is 2.41. The maximum Gasteiger partial charge on any atom is 0.288 e. The minimum Gasteiger partial charge on any atom is -0.383 e.